The van der Waals surface area contributed by atoms with Crippen LogP contribution in [0.5, 0.6) is 0 Å². The SMILES string of the molecule is CC1CCCCN1C1CN(c2ccc(-c3ccccc3)nn2)C1. The topological polar surface area (TPSA) is 32.3 Å². The summed E-state index contributed by atoms with van der Waals surface area (Å²) >= 11 is 0. The van der Waals surface area contributed by atoms with Gasteiger partial charge in [-0.3, -0.25) is 4.90 Å². The third-order valence-electron chi connectivity index (χ3n) is 5.23. The highest BCUT2D eigenvalue weighted by atomic mass is 15.4. The van der Waals surface area contributed by atoms with Gasteiger partial charge in [-0.15, -0.1) is 10.2 Å². The second-order valence-corrected chi connectivity index (χ2v) is 6.78. The van der Waals surface area contributed by atoms with Crippen LogP contribution in [-0.2, 0) is 0 Å². The lowest BCUT2D eigenvalue weighted by Crippen LogP contribution is -2.62. The smallest absolute Gasteiger partial charge is 0.151 e. The molecule has 1 aromatic heterocycles. The maximum absolute atomic E-state index is 4.43. The molecule has 2 aromatic rings. The monoisotopic (exact) mass is 308 g/mol. The van der Waals surface area contributed by atoms with Gasteiger partial charge in [0.1, 0.15) is 0 Å². The van der Waals surface area contributed by atoms with Crippen molar-refractivity contribution < 1.29 is 0 Å². The first-order chi connectivity index (χ1) is 11.3. The van der Waals surface area contributed by atoms with Crippen LogP contribution in [0.15, 0.2) is 42.5 Å². The largest absolute Gasteiger partial charge is 0.352 e. The Morgan fingerprint density at radius 2 is 1.78 bits per heavy atom. The van der Waals surface area contributed by atoms with Gasteiger partial charge in [-0.05, 0) is 38.4 Å². The fraction of sp³-hybridized carbons (Fsp3) is 0.474. The quantitative estimate of drug-likeness (QED) is 0.871. The Morgan fingerprint density at radius 3 is 2.48 bits per heavy atom. The van der Waals surface area contributed by atoms with E-state index in [-0.39, 0.29) is 0 Å². The molecule has 1 unspecified atom stereocenters. The molecule has 0 amide bonds. The molecular formula is C19H24N4. The van der Waals surface area contributed by atoms with Gasteiger partial charge >= 0.3 is 0 Å². The summed E-state index contributed by atoms with van der Waals surface area (Å²) in [7, 11) is 0. The van der Waals surface area contributed by atoms with Crippen molar-refractivity contribution in [3.63, 3.8) is 0 Å². The first-order valence-electron chi connectivity index (χ1n) is 8.71. The number of piperidine rings is 1. The molecule has 0 radical (unpaired) electrons. The molecule has 1 atom stereocenters. The fourth-order valence-electron chi connectivity index (χ4n) is 3.77. The van der Waals surface area contributed by atoms with E-state index < -0.39 is 0 Å². The third kappa shape index (κ3) is 2.95. The van der Waals surface area contributed by atoms with E-state index in [1.807, 2.05) is 18.2 Å². The summed E-state index contributed by atoms with van der Waals surface area (Å²) in [5, 5.41) is 8.83. The molecule has 0 N–H and O–H groups in total. The Kier molecular flexibility index (Phi) is 4.00. The van der Waals surface area contributed by atoms with Crippen LogP contribution in [0.4, 0.5) is 5.82 Å². The van der Waals surface area contributed by atoms with Gasteiger partial charge in [-0.1, -0.05) is 36.8 Å². The maximum Gasteiger partial charge on any atom is 0.151 e. The van der Waals surface area contributed by atoms with Crippen LogP contribution in [0.25, 0.3) is 11.3 Å². The molecule has 0 saturated carbocycles. The Balaban J connectivity index is 1.39. The van der Waals surface area contributed by atoms with E-state index in [1.54, 1.807) is 0 Å². The molecule has 2 fully saturated rings. The minimum Gasteiger partial charge on any atom is -0.352 e. The molecule has 23 heavy (non-hydrogen) atoms. The molecule has 4 heteroatoms. The van der Waals surface area contributed by atoms with Gasteiger partial charge in [0.2, 0.25) is 0 Å². The molecule has 0 spiro atoms. The number of rotatable bonds is 3. The summed E-state index contributed by atoms with van der Waals surface area (Å²) in [6.45, 7) is 5.81. The van der Waals surface area contributed by atoms with Crippen molar-refractivity contribution in [1.29, 1.82) is 0 Å². The van der Waals surface area contributed by atoms with E-state index in [4.69, 9.17) is 0 Å². The molecule has 2 aliphatic rings. The Hall–Kier alpha value is -1.94. The van der Waals surface area contributed by atoms with Crippen molar-refractivity contribution in [1.82, 2.24) is 15.1 Å². The highest BCUT2D eigenvalue weighted by Crippen LogP contribution is 2.27. The minimum atomic E-state index is 0.695. The number of nitrogens with zero attached hydrogens (tertiary/aromatic N) is 4. The van der Waals surface area contributed by atoms with Crippen LogP contribution in [0.1, 0.15) is 26.2 Å². The second kappa shape index (κ2) is 6.28. The van der Waals surface area contributed by atoms with Crippen molar-refractivity contribution >= 4 is 5.82 Å². The zero-order valence-corrected chi connectivity index (χ0v) is 13.7. The summed E-state index contributed by atoms with van der Waals surface area (Å²) in [5.74, 6) is 1.01. The van der Waals surface area contributed by atoms with Crippen molar-refractivity contribution in [3.8, 4) is 11.3 Å². The third-order valence-corrected chi connectivity index (χ3v) is 5.23. The van der Waals surface area contributed by atoms with Gasteiger partial charge in [-0.25, -0.2) is 0 Å². The maximum atomic E-state index is 4.43. The summed E-state index contributed by atoms with van der Waals surface area (Å²) in [6.07, 6.45) is 4.09. The van der Waals surface area contributed by atoms with Gasteiger partial charge in [0.25, 0.3) is 0 Å². The zero-order chi connectivity index (χ0) is 15.6. The molecular weight excluding hydrogens is 284 g/mol. The summed E-state index contributed by atoms with van der Waals surface area (Å²) < 4.78 is 0. The number of anilines is 1. The first-order valence-corrected chi connectivity index (χ1v) is 8.71. The van der Waals surface area contributed by atoms with Gasteiger partial charge in [0.05, 0.1) is 5.69 Å². The van der Waals surface area contributed by atoms with Crippen LogP contribution in [-0.4, -0.2) is 46.8 Å². The Labute approximate surface area is 138 Å². The lowest BCUT2D eigenvalue weighted by molar-refractivity contribution is 0.0872. The number of benzene rings is 1. The van der Waals surface area contributed by atoms with Gasteiger partial charge in [0.15, 0.2) is 5.82 Å². The number of aromatic nitrogens is 2. The van der Waals surface area contributed by atoms with Crippen LogP contribution >= 0.6 is 0 Å². The Morgan fingerprint density at radius 1 is 0.957 bits per heavy atom. The van der Waals surface area contributed by atoms with E-state index in [9.17, 15) is 0 Å². The summed E-state index contributed by atoms with van der Waals surface area (Å²) in [6, 6.07) is 15.8. The first kappa shape index (κ1) is 14.6. The van der Waals surface area contributed by atoms with Crippen molar-refractivity contribution in [2.75, 3.05) is 24.5 Å². The molecule has 0 aliphatic carbocycles. The molecule has 4 rings (SSSR count). The summed E-state index contributed by atoms with van der Waals surface area (Å²) in [5.41, 5.74) is 2.06. The summed E-state index contributed by atoms with van der Waals surface area (Å²) in [4.78, 5) is 5.03. The number of hydrogen-bond acceptors (Lipinski definition) is 4. The number of hydrogen-bond donors (Lipinski definition) is 0. The lowest BCUT2D eigenvalue weighted by Gasteiger charge is -2.49. The van der Waals surface area contributed by atoms with Crippen LogP contribution in [0, 0.1) is 0 Å². The van der Waals surface area contributed by atoms with Gasteiger partial charge in [0, 0.05) is 30.7 Å². The highest BCUT2D eigenvalue weighted by Gasteiger charge is 2.35. The second-order valence-electron chi connectivity index (χ2n) is 6.78. The molecule has 2 saturated heterocycles. The van der Waals surface area contributed by atoms with Crippen molar-refractivity contribution in [3.05, 3.63) is 42.5 Å². The Bertz CT molecular complexity index is 634. The average molecular weight is 308 g/mol. The van der Waals surface area contributed by atoms with E-state index in [0.29, 0.717) is 6.04 Å². The van der Waals surface area contributed by atoms with Crippen LogP contribution in [0.2, 0.25) is 0 Å². The molecule has 3 heterocycles. The van der Waals surface area contributed by atoms with Gasteiger partial charge < -0.3 is 4.90 Å². The van der Waals surface area contributed by atoms with Gasteiger partial charge in [-0.2, -0.15) is 0 Å². The van der Waals surface area contributed by atoms with Crippen LogP contribution < -0.4 is 4.90 Å². The highest BCUT2D eigenvalue weighted by molar-refractivity contribution is 5.59. The van der Waals surface area contributed by atoms with E-state index in [1.165, 1.54) is 25.8 Å². The van der Waals surface area contributed by atoms with Crippen molar-refractivity contribution in [2.45, 2.75) is 38.3 Å². The molecule has 0 bridgehead atoms. The molecule has 2 aliphatic heterocycles. The predicted molar refractivity (Wildman–Crippen MR) is 93.5 cm³/mol. The normalized spacial score (nSPS) is 22.8. The van der Waals surface area contributed by atoms with Crippen LogP contribution in [0.3, 0.4) is 0 Å². The number of likely N-dealkylation sites (tertiary alicyclic amines) is 1. The minimum absolute atomic E-state index is 0.695. The molecule has 1 aromatic carbocycles. The fourth-order valence-corrected chi connectivity index (χ4v) is 3.77. The van der Waals surface area contributed by atoms with Crippen molar-refractivity contribution in [2.24, 2.45) is 0 Å². The molecule has 120 valence electrons. The van der Waals surface area contributed by atoms with E-state index >= 15 is 0 Å². The predicted octanol–water partition coefficient (Wildman–Crippen LogP) is 3.21. The van der Waals surface area contributed by atoms with E-state index in [0.717, 1.165) is 36.2 Å². The van der Waals surface area contributed by atoms with E-state index in [2.05, 4.69) is 51.2 Å². The standard InChI is InChI=1S/C19H24N4/c1-15-7-5-6-12-23(15)17-13-22(14-17)19-11-10-18(20-21-19)16-8-3-2-4-9-16/h2-4,8-11,15,17H,5-7,12-14H2,1H3. The average Bonchev–Trinajstić information content (AvgIpc) is 2.57. The lowest BCUT2D eigenvalue weighted by atomic mass is 9.97. The zero-order valence-electron chi connectivity index (χ0n) is 13.7. The molecule has 4 nitrogen and oxygen atoms in total.